The molecule has 22 heavy (non-hydrogen) atoms. The number of unbranched alkanes of at least 4 members (excludes halogenated alkanes) is 7. The third kappa shape index (κ3) is 15.6. The Labute approximate surface area is 139 Å². The SMILES string of the molecule is CCOC(=O)CCCC(=O)OCCCCCCCCCCCl. The minimum atomic E-state index is -0.249. The molecule has 0 aromatic rings. The summed E-state index contributed by atoms with van der Waals surface area (Å²) < 4.78 is 9.93. The molecule has 0 rings (SSSR count). The topological polar surface area (TPSA) is 52.6 Å². The van der Waals surface area contributed by atoms with E-state index in [0.717, 1.165) is 25.1 Å². The monoisotopic (exact) mass is 334 g/mol. The zero-order valence-electron chi connectivity index (χ0n) is 13.9. The third-order valence-electron chi connectivity index (χ3n) is 3.36. The van der Waals surface area contributed by atoms with Gasteiger partial charge in [0.1, 0.15) is 0 Å². The van der Waals surface area contributed by atoms with Crippen molar-refractivity contribution in [2.24, 2.45) is 0 Å². The Balaban J connectivity index is 3.23. The van der Waals surface area contributed by atoms with Gasteiger partial charge in [0.2, 0.25) is 0 Å². The van der Waals surface area contributed by atoms with Crippen molar-refractivity contribution in [2.45, 2.75) is 77.6 Å². The lowest BCUT2D eigenvalue weighted by Gasteiger charge is -2.05. The van der Waals surface area contributed by atoms with Gasteiger partial charge in [-0.05, 0) is 26.2 Å². The van der Waals surface area contributed by atoms with E-state index in [2.05, 4.69) is 0 Å². The Morgan fingerprint density at radius 2 is 1.23 bits per heavy atom. The molecule has 0 saturated carbocycles. The fourth-order valence-electron chi connectivity index (χ4n) is 2.13. The Morgan fingerprint density at radius 1 is 0.727 bits per heavy atom. The predicted octanol–water partition coefficient (Wildman–Crippen LogP) is 4.62. The van der Waals surface area contributed by atoms with Crippen molar-refractivity contribution < 1.29 is 19.1 Å². The molecule has 0 spiro atoms. The quantitative estimate of drug-likeness (QED) is 0.249. The van der Waals surface area contributed by atoms with E-state index >= 15 is 0 Å². The summed E-state index contributed by atoms with van der Waals surface area (Å²) in [5.74, 6) is 0.303. The smallest absolute Gasteiger partial charge is 0.305 e. The van der Waals surface area contributed by atoms with Crippen LogP contribution in [-0.2, 0) is 19.1 Å². The van der Waals surface area contributed by atoms with E-state index in [0.29, 0.717) is 26.1 Å². The van der Waals surface area contributed by atoms with Crippen molar-refractivity contribution in [3.63, 3.8) is 0 Å². The molecule has 0 fully saturated rings. The van der Waals surface area contributed by atoms with Gasteiger partial charge in [-0.15, -0.1) is 11.6 Å². The van der Waals surface area contributed by atoms with Crippen molar-refractivity contribution in [3.8, 4) is 0 Å². The Bertz CT molecular complexity index is 282. The van der Waals surface area contributed by atoms with E-state index < -0.39 is 0 Å². The molecule has 0 aromatic heterocycles. The van der Waals surface area contributed by atoms with Crippen LogP contribution in [-0.4, -0.2) is 31.0 Å². The van der Waals surface area contributed by atoms with Crippen molar-refractivity contribution in [2.75, 3.05) is 19.1 Å². The maximum atomic E-state index is 11.4. The van der Waals surface area contributed by atoms with Gasteiger partial charge in [-0.1, -0.05) is 38.5 Å². The second kappa shape index (κ2) is 16.6. The molecule has 0 aliphatic carbocycles. The summed E-state index contributed by atoms with van der Waals surface area (Å²) in [5.41, 5.74) is 0. The summed E-state index contributed by atoms with van der Waals surface area (Å²) in [6.07, 6.45) is 10.4. The first-order valence-corrected chi connectivity index (χ1v) is 9.11. The zero-order valence-corrected chi connectivity index (χ0v) is 14.7. The van der Waals surface area contributed by atoms with Crippen LogP contribution in [0, 0.1) is 0 Å². The maximum Gasteiger partial charge on any atom is 0.305 e. The normalized spacial score (nSPS) is 10.5. The lowest BCUT2D eigenvalue weighted by Crippen LogP contribution is -2.08. The molecule has 0 bridgehead atoms. The van der Waals surface area contributed by atoms with E-state index in [9.17, 15) is 9.59 Å². The van der Waals surface area contributed by atoms with Crippen molar-refractivity contribution >= 4 is 23.5 Å². The van der Waals surface area contributed by atoms with Crippen molar-refractivity contribution in [1.82, 2.24) is 0 Å². The summed E-state index contributed by atoms with van der Waals surface area (Å²) in [6.45, 7) is 2.65. The molecule has 0 aliphatic rings. The molecule has 0 saturated heterocycles. The van der Waals surface area contributed by atoms with Gasteiger partial charge in [0.05, 0.1) is 13.2 Å². The molecule has 0 radical (unpaired) electrons. The van der Waals surface area contributed by atoms with Crippen LogP contribution in [0.5, 0.6) is 0 Å². The highest BCUT2D eigenvalue weighted by atomic mass is 35.5. The van der Waals surface area contributed by atoms with Gasteiger partial charge in [-0.3, -0.25) is 9.59 Å². The lowest BCUT2D eigenvalue weighted by molar-refractivity contribution is -0.145. The van der Waals surface area contributed by atoms with Crippen molar-refractivity contribution in [1.29, 1.82) is 0 Å². The van der Waals surface area contributed by atoms with E-state index in [1.165, 1.54) is 32.1 Å². The Kier molecular flexibility index (Phi) is 16.0. The van der Waals surface area contributed by atoms with Crippen LogP contribution < -0.4 is 0 Å². The molecule has 0 N–H and O–H groups in total. The minimum Gasteiger partial charge on any atom is -0.466 e. The van der Waals surface area contributed by atoms with Crippen LogP contribution >= 0.6 is 11.6 Å². The second-order valence-corrected chi connectivity index (χ2v) is 5.77. The van der Waals surface area contributed by atoms with Gasteiger partial charge in [0, 0.05) is 18.7 Å². The minimum absolute atomic E-state index is 0.217. The maximum absolute atomic E-state index is 11.4. The number of hydrogen-bond acceptors (Lipinski definition) is 4. The van der Waals surface area contributed by atoms with Gasteiger partial charge in [0.15, 0.2) is 0 Å². The zero-order chi connectivity index (χ0) is 16.5. The highest BCUT2D eigenvalue weighted by molar-refractivity contribution is 6.17. The van der Waals surface area contributed by atoms with Crippen LogP contribution in [0.2, 0.25) is 0 Å². The fourth-order valence-corrected chi connectivity index (χ4v) is 2.31. The number of carbonyl (C=O) groups is 2. The van der Waals surface area contributed by atoms with Crippen LogP contribution in [0.3, 0.4) is 0 Å². The molecule has 5 heteroatoms. The average molecular weight is 335 g/mol. The number of carbonyl (C=O) groups excluding carboxylic acids is 2. The van der Waals surface area contributed by atoms with Gasteiger partial charge in [0.25, 0.3) is 0 Å². The molecular formula is C17H31ClO4. The predicted molar refractivity (Wildman–Crippen MR) is 89.1 cm³/mol. The molecule has 0 amide bonds. The van der Waals surface area contributed by atoms with Crippen LogP contribution in [0.15, 0.2) is 0 Å². The number of ether oxygens (including phenoxy) is 2. The molecule has 0 atom stereocenters. The number of esters is 2. The summed E-state index contributed by atoms with van der Waals surface area (Å²) >= 11 is 5.62. The molecule has 0 heterocycles. The molecule has 0 unspecified atom stereocenters. The molecule has 130 valence electrons. The van der Waals surface area contributed by atoms with Crippen LogP contribution in [0.25, 0.3) is 0 Å². The largest absolute Gasteiger partial charge is 0.466 e. The molecule has 0 aromatic carbocycles. The Morgan fingerprint density at radius 3 is 1.77 bits per heavy atom. The first kappa shape index (κ1) is 21.2. The second-order valence-electron chi connectivity index (χ2n) is 5.40. The van der Waals surface area contributed by atoms with E-state index in [-0.39, 0.29) is 18.4 Å². The average Bonchev–Trinajstić information content (AvgIpc) is 2.49. The van der Waals surface area contributed by atoms with E-state index in [4.69, 9.17) is 21.1 Å². The van der Waals surface area contributed by atoms with E-state index in [1.54, 1.807) is 6.92 Å². The van der Waals surface area contributed by atoms with Gasteiger partial charge >= 0.3 is 11.9 Å². The molecule has 4 nitrogen and oxygen atoms in total. The lowest BCUT2D eigenvalue weighted by atomic mass is 10.1. The standard InChI is InChI=1S/C17H31ClO4/c1-2-21-16(19)12-11-13-17(20)22-15-10-8-6-4-3-5-7-9-14-18/h2-15H2,1H3. The number of rotatable bonds is 15. The fraction of sp³-hybridized carbons (Fsp3) is 0.882. The van der Waals surface area contributed by atoms with Gasteiger partial charge in [-0.2, -0.15) is 0 Å². The summed E-state index contributed by atoms with van der Waals surface area (Å²) in [4.78, 5) is 22.5. The summed E-state index contributed by atoms with van der Waals surface area (Å²) in [7, 11) is 0. The number of hydrogen-bond donors (Lipinski definition) is 0. The highest BCUT2D eigenvalue weighted by Crippen LogP contribution is 2.09. The number of alkyl halides is 1. The number of halogens is 1. The summed E-state index contributed by atoms with van der Waals surface area (Å²) in [6, 6.07) is 0. The van der Waals surface area contributed by atoms with Crippen molar-refractivity contribution in [3.05, 3.63) is 0 Å². The molecule has 0 aliphatic heterocycles. The van der Waals surface area contributed by atoms with Gasteiger partial charge < -0.3 is 9.47 Å². The van der Waals surface area contributed by atoms with Crippen LogP contribution in [0.4, 0.5) is 0 Å². The Hall–Kier alpha value is -0.770. The first-order valence-electron chi connectivity index (χ1n) is 8.58. The van der Waals surface area contributed by atoms with E-state index in [1.807, 2.05) is 0 Å². The van der Waals surface area contributed by atoms with Gasteiger partial charge in [-0.25, -0.2) is 0 Å². The highest BCUT2D eigenvalue weighted by Gasteiger charge is 2.06. The third-order valence-corrected chi connectivity index (χ3v) is 3.63. The summed E-state index contributed by atoms with van der Waals surface area (Å²) in [5, 5.41) is 0. The first-order chi connectivity index (χ1) is 10.7. The van der Waals surface area contributed by atoms with Crippen LogP contribution in [0.1, 0.15) is 77.6 Å². The molecular weight excluding hydrogens is 304 g/mol.